The smallest absolute Gasteiger partial charge is 0.111 e. The van der Waals surface area contributed by atoms with Crippen LogP contribution in [-0.4, -0.2) is 30.4 Å². The van der Waals surface area contributed by atoms with Gasteiger partial charge in [0, 0.05) is 31.6 Å². The maximum atomic E-state index is 5.91. The molecule has 3 aromatic rings. The van der Waals surface area contributed by atoms with Gasteiger partial charge in [-0.1, -0.05) is 11.3 Å². The average Bonchev–Trinajstić information content (AvgIpc) is 3.08. The number of rotatable bonds is 6. The highest BCUT2D eigenvalue weighted by molar-refractivity contribution is 6.17. The number of alkyl halides is 1. The quantitative estimate of drug-likeness (QED) is 0.658. The summed E-state index contributed by atoms with van der Waals surface area (Å²) < 4.78 is 4.13. The molecule has 0 aliphatic carbocycles. The summed E-state index contributed by atoms with van der Waals surface area (Å²) in [6.45, 7) is 3.87. The molecular formula is C15H18ClN5. The molecule has 0 aliphatic rings. The molecule has 0 fully saturated rings. The van der Waals surface area contributed by atoms with E-state index in [1.165, 1.54) is 11.1 Å². The number of imidazole rings is 1. The van der Waals surface area contributed by atoms with Crippen molar-refractivity contribution in [3.8, 4) is 0 Å². The van der Waals surface area contributed by atoms with Crippen molar-refractivity contribution in [1.82, 2.24) is 24.5 Å². The molecule has 0 radical (unpaired) electrons. The highest BCUT2D eigenvalue weighted by Crippen LogP contribution is 2.19. The van der Waals surface area contributed by atoms with Crippen LogP contribution < -0.4 is 0 Å². The van der Waals surface area contributed by atoms with E-state index in [4.69, 9.17) is 16.6 Å². The maximum Gasteiger partial charge on any atom is 0.111 e. The molecule has 0 N–H and O–H groups in total. The number of nitrogens with zero attached hydrogens (tertiary/aromatic N) is 5. The minimum atomic E-state index is 0.589. The van der Waals surface area contributed by atoms with Gasteiger partial charge in [-0.2, -0.15) is 0 Å². The van der Waals surface area contributed by atoms with Gasteiger partial charge in [-0.15, -0.1) is 16.7 Å². The van der Waals surface area contributed by atoms with Crippen molar-refractivity contribution in [3.05, 3.63) is 42.0 Å². The molecule has 6 heteroatoms. The standard InChI is InChI=1S/C15H18ClN5/c1-12-3-4-13-14(11-12)21(15(18-13)5-6-16)9-2-8-20-10-7-17-19-20/h3-4,7,10-11H,2,5-6,8-9H2,1H3. The van der Waals surface area contributed by atoms with Crippen molar-refractivity contribution in [2.75, 3.05) is 5.88 Å². The van der Waals surface area contributed by atoms with Crippen LogP contribution in [0.3, 0.4) is 0 Å². The van der Waals surface area contributed by atoms with Crippen LogP contribution in [0.5, 0.6) is 0 Å². The fourth-order valence-corrected chi connectivity index (χ4v) is 2.72. The monoisotopic (exact) mass is 303 g/mol. The number of aryl methyl sites for hydroxylation is 4. The van der Waals surface area contributed by atoms with E-state index in [0.29, 0.717) is 5.88 Å². The van der Waals surface area contributed by atoms with Gasteiger partial charge in [0.05, 0.1) is 17.2 Å². The molecule has 0 unspecified atom stereocenters. The van der Waals surface area contributed by atoms with Gasteiger partial charge in [0.15, 0.2) is 0 Å². The molecule has 21 heavy (non-hydrogen) atoms. The summed E-state index contributed by atoms with van der Waals surface area (Å²) in [7, 11) is 0. The zero-order chi connectivity index (χ0) is 14.7. The predicted octanol–water partition coefficient (Wildman–Crippen LogP) is 2.81. The van der Waals surface area contributed by atoms with Crippen LogP contribution >= 0.6 is 11.6 Å². The van der Waals surface area contributed by atoms with E-state index in [9.17, 15) is 0 Å². The van der Waals surface area contributed by atoms with Crippen LogP contribution in [0.25, 0.3) is 11.0 Å². The Morgan fingerprint density at radius 2 is 2.14 bits per heavy atom. The fourth-order valence-electron chi connectivity index (χ4n) is 2.55. The van der Waals surface area contributed by atoms with E-state index in [2.05, 4.69) is 40.0 Å². The molecule has 0 saturated heterocycles. The summed E-state index contributed by atoms with van der Waals surface area (Å²) in [5, 5.41) is 7.81. The first-order chi connectivity index (χ1) is 10.3. The van der Waals surface area contributed by atoms with Crippen molar-refractivity contribution in [3.63, 3.8) is 0 Å². The van der Waals surface area contributed by atoms with Crippen LogP contribution in [0.2, 0.25) is 0 Å². The Kier molecular flexibility index (Phi) is 4.20. The van der Waals surface area contributed by atoms with Gasteiger partial charge >= 0.3 is 0 Å². The Morgan fingerprint density at radius 1 is 1.24 bits per heavy atom. The van der Waals surface area contributed by atoms with E-state index in [1.807, 2.05) is 10.9 Å². The van der Waals surface area contributed by atoms with Gasteiger partial charge in [-0.05, 0) is 31.0 Å². The van der Waals surface area contributed by atoms with Crippen LogP contribution in [0.15, 0.2) is 30.6 Å². The molecule has 3 rings (SSSR count). The molecule has 110 valence electrons. The lowest BCUT2D eigenvalue weighted by atomic mass is 10.2. The van der Waals surface area contributed by atoms with Gasteiger partial charge in [0.1, 0.15) is 5.82 Å². The van der Waals surface area contributed by atoms with E-state index in [-0.39, 0.29) is 0 Å². The highest BCUT2D eigenvalue weighted by Gasteiger charge is 2.10. The lowest BCUT2D eigenvalue weighted by molar-refractivity contribution is 0.512. The molecule has 0 saturated carbocycles. The first kappa shape index (κ1) is 14.1. The highest BCUT2D eigenvalue weighted by atomic mass is 35.5. The molecule has 2 heterocycles. The van der Waals surface area contributed by atoms with E-state index < -0.39 is 0 Å². The molecule has 5 nitrogen and oxygen atoms in total. The number of fused-ring (bicyclic) bond motifs is 1. The minimum Gasteiger partial charge on any atom is -0.328 e. The van der Waals surface area contributed by atoms with Crippen molar-refractivity contribution in [2.45, 2.75) is 32.9 Å². The molecule has 0 aliphatic heterocycles. The topological polar surface area (TPSA) is 48.5 Å². The summed E-state index contributed by atoms with van der Waals surface area (Å²) in [6, 6.07) is 6.37. The van der Waals surface area contributed by atoms with Crippen LogP contribution in [0.1, 0.15) is 17.8 Å². The van der Waals surface area contributed by atoms with Gasteiger partial charge in [-0.25, -0.2) is 4.98 Å². The zero-order valence-corrected chi connectivity index (χ0v) is 12.8. The maximum absolute atomic E-state index is 5.91. The number of benzene rings is 1. The summed E-state index contributed by atoms with van der Waals surface area (Å²) in [5.74, 6) is 1.65. The summed E-state index contributed by atoms with van der Waals surface area (Å²) in [5.41, 5.74) is 3.48. The second kappa shape index (κ2) is 6.26. The molecule has 0 bridgehead atoms. The van der Waals surface area contributed by atoms with Gasteiger partial charge in [0.25, 0.3) is 0 Å². The number of halogens is 1. The predicted molar refractivity (Wildman–Crippen MR) is 83.5 cm³/mol. The van der Waals surface area contributed by atoms with Crippen LogP contribution in [0, 0.1) is 6.92 Å². The first-order valence-corrected chi connectivity index (χ1v) is 7.67. The van der Waals surface area contributed by atoms with Gasteiger partial charge in [0.2, 0.25) is 0 Å². The van der Waals surface area contributed by atoms with E-state index in [1.54, 1.807) is 6.20 Å². The van der Waals surface area contributed by atoms with Crippen molar-refractivity contribution in [2.24, 2.45) is 0 Å². The Morgan fingerprint density at radius 3 is 2.90 bits per heavy atom. The van der Waals surface area contributed by atoms with Gasteiger partial charge in [-0.3, -0.25) is 4.68 Å². The molecule has 2 aromatic heterocycles. The van der Waals surface area contributed by atoms with Crippen molar-refractivity contribution in [1.29, 1.82) is 0 Å². The largest absolute Gasteiger partial charge is 0.328 e. The van der Waals surface area contributed by atoms with Crippen molar-refractivity contribution >= 4 is 22.6 Å². The molecule has 0 spiro atoms. The lowest BCUT2D eigenvalue weighted by Crippen LogP contribution is -2.08. The van der Waals surface area contributed by atoms with E-state index in [0.717, 1.165) is 37.3 Å². The molecular weight excluding hydrogens is 286 g/mol. The number of hydrogen-bond donors (Lipinski definition) is 0. The third kappa shape index (κ3) is 3.08. The van der Waals surface area contributed by atoms with Crippen molar-refractivity contribution < 1.29 is 0 Å². The summed E-state index contributed by atoms with van der Waals surface area (Å²) in [4.78, 5) is 4.70. The number of aromatic nitrogens is 5. The Balaban J connectivity index is 1.83. The number of hydrogen-bond acceptors (Lipinski definition) is 3. The van der Waals surface area contributed by atoms with Crippen LogP contribution in [0.4, 0.5) is 0 Å². The van der Waals surface area contributed by atoms with E-state index >= 15 is 0 Å². The van der Waals surface area contributed by atoms with Crippen LogP contribution in [-0.2, 0) is 19.5 Å². The lowest BCUT2D eigenvalue weighted by Gasteiger charge is -2.08. The fraction of sp³-hybridized carbons (Fsp3) is 0.400. The molecule has 0 atom stereocenters. The molecule has 1 aromatic carbocycles. The normalized spacial score (nSPS) is 11.3. The minimum absolute atomic E-state index is 0.589. The Labute approximate surface area is 128 Å². The summed E-state index contributed by atoms with van der Waals surface area (Å²) in [6.07, 6.45) is 5.36. The average molecular weight is 304 g/mol. The molecule has 0 amide bonds. The third-order valence-electron chi connectivity index (χ3n) is 3.54. The Hall–Kier alpha value is -1.88. The second-order valence-corrected chi connectivity index (χ2v) is 5.51. The zero-order valence-electron chi connectivity index (χ0n) is 12.0. The first-order valence-electron chi connectivity index (χ1n) is 7.14. The van der Waals surface area contributed by atoms with Gasteiger partial charge < -0.3 is 4.57 Å². The Bertz CT molecular complexity index is 717. The SMILES string of the molecule is Cc1ccc2nc(CCCl)n(CCCn3ccnn3)c2c1. The summed E-state index contributed by atoms with van der Waals surface area (Å²) >= 11 is 5.91. The second-order valence-electron chi connectivity index (χ2n) is 5.13. The third-order valence-corrected chi connectivity index (χ3v) is 3.73.